The van der Waals surface area contributed by atoms with E-state index in [1.54, 1.807) is 4.68 Å². The van der Waals surface area contributed by atoms with Gasteiger partial charge in [-0.1, -0.05) is 48.0 Å². The number of hydrogen-bond donors (Lipinski definition) is 1. The fourth-order valence-corrected chi connectivity index (χ4v) is 3.41. The highest BCUT2D eigenvalue weighted by atomic mass is 16.3. The summed E-state index contributed by atoms with van der Waals surface area (Å²) in [6.07, 6.45) is 2.76. The van der Waals surface area contributed by atoms with Gasteiger partial charge in [-0.25, -0.2) is 4.68 Å². The van der Waals surface area contributed by atoms with Crippen LogP contribution in [0, 0.1) is 6.92 Å². The van der Waals surface area contributed by atoms with Crippen LogP contribution in [-0.4, -0.2) is 44.9 Å². The summed E-state index contributed by atoms with van der Waals surface area (Å²) in [4.78, 5) is 15.0. The maximum Gasteiger partial charge on any atom is 0.257 e. The molecule has 4 rings (SSSR count). The lowest BCUT2D eigenvalue weighted by molar-refractivity contribution is 0.0547. The molecule has 1 saturated heterocycles. The van der Waals surface area contributed by atoms with Crippen LogP contribution >= 0.6 is 0 Å². The molecule has 138 valence electrons. The molecule has 1 aliphatic heterocycles. The Hall–Kier alpha value is -2.92. The van der Waals surface area contributed by atoms with Gasteiger partial charge in [0.05, 0.1) is 17.4 Å². The van der Waals surface area contributed by atoms with Crippen molar-refractivity contribution < 1.29 is 9.90 Å². The van der Waals surface area contributed by atoms with Gasteiger partial charge in [0.25, 0.3) is 5.91 Å². The predicted octanol–water partition coefficient (Wildman–Crippen LogP) is 3.44. The zero-order chi connectivity index (χ0) is 18.8. The van der Waals surface area contributed by atoms with Gasteiger partial charge in [-0.3, -0.25) is 4.79 Å². The largest absolute Gasteiger partial charge is 0.393 e. The fraction of sp³-hybridized carbons (Fsp3) is 0.273. The molecule has 2 heterocycles. The van der Waals surface area contributed by atoms with Crippen LogP contribution in [0.5, 0.6) is 0 Å². The maximum absolute atomic E-state index is 13.2. The van der Waals surface area contributed by atoms with Crippen LogP contribution in [0.15, 0.2) is 60.8 Å². The van der Waals surface area contributed by atoms with E-state index < -0.39 is 0 Å². The van der Waals surface area contributed by atoms with Gasteiger partial charge < -0.3 is 10.0 Å². The van der Waals surface area contributed by atoms with Gasteiger partial charge in [-0.2, -0.15) is 5.10 Å². The second-order valence-electron chi connectivity index (χ2n) is 7.06. The van der Waals surface area contributed by atoms with Crippen molar-refractivity contribution >= 4 is 5.91 Å². The molecule has 1 fully saturated rings. The molecule has 0 bridgehead atoms. The number of likely N-dealkylation sites (tertiary alicyclic amines) is 1. The van der Waals surface area contributed by atoms with Crippen LogP contribution in [0.3, 0.4) is 0 Å². The average Bonchev–Trinajstić information content (AvgIpc) is 3.15. The Morgan fingerprint density at radius 3 is 2.37 bits per heavy atom. The van der Waals surface area contributed by atoms with Crippen LogP contribution < -0.4 is 0 Å². The summed E-state index contributed by atoms with van der Waals surface area (Å²) in [6.45, 7) is 3.19. The lowest BCUT2D eigenvalue weighted by Gasteiger charge is -2.29. The normalized spacial score (nSPS) is 15.1. The number of aliphatic hydroxyl groups excluding tert-OH is 1. The number of aromatic nitrogens is 2. The number of amides is 1. The third-order valence-electron chi connectivity index (χ3n) is 5.04. The standard InChI is InChI=1S/C22H23N3O2/c1-16-7-9-18(10-8-16)25-15-20(21(23-25)17-5-3-2-4-6-17)22(27)24-13-11-19(26)12-14-24/h2-10,15,19,26H,11-14H2,1H3. The minimum absolute atomic E-state index is 0.0286. The zero-order valence-electron chi connectivity index (χ0n) is 15.4. The molecule has 0 radical (unpaired) electrons. The number of benzene rings is 2. The average molecular weight is 361 g/mol. The topological polar surface area (TPSA) is 58.4 Å². The minimum atomic E-state index is -0.307. The number of rotatable bonds is 3. The first-order valence-electron chi connectivity index (χ1n) is 9.31. The van der Waals surface area contributed by atoms with E-state index in [2.05, 4.69) is 0 Å². The molecule has 0 saturated carbocycles. The van der Waals surface area contributed by atoms with Gasteiger partial charge in [0.1, 0.15) is 5.69 Å². The molecule has 0 atom stereocenters. The Balaban J connectivity index is 1.74. The lowest BCUT2D eigenvalue weighted by atomic mass is 10.0. The second-order valence-corrected chi connectivity index (χ2v) is 7.06. The molecule has 3 aromatic rings. The van der Waals surface area contributed by atoms with E-state index in [-0.39, 0.29) is 12.0 Å². The zero-order valence-corrected chi connectivity index (χ0v) is 15.4. The smallest absolute Gasteiger partial charge is 0.257 e. The Kier molecular flexibility index (Phi) is 4.77. The highest BCUT2D eigenvalue weighted by Crippen LogP contribution is 2.26. The molecule has 5 heteroatoms. The highest BCUT2D eigenvalue weighted by Gasteiger charge is 2.26. The molecular formula is C22H23N3O2. The van der Waals surface area contributed by atoms with Crippen molar-refractivity contribution in [2.45, 2.75) is 25.9 Å². The van der Waals surface area contributed by atoms with Crippen molar-refractivity contribution in [3.05, 3.63) is 71.9 Å². The summed E-state index contributed by atoms with van der Waals surface area (Å²) in [5.74, 6) is -0.0286. The summed E-state index contributed by atoms with van der Waals surface area (Å²) in [6, 6.07) is 17.9. The van der Waals surface area contributed by atoms with E-state index >= 15 is 0 Å². The summed E-state index contributed by atoms with van der Waals surface area (Å²) in [7, 11) is 0. The van der Waals surface area contributed by atoms with Gasteiger partial charge in [-0.15, -0.1) is 0 Å². The van der Waals surface area contributed by atoms with Crippen molar-refractivity contribution in [2.75, 3.05) is 13.1 Å². The molecule has 0 aliphatic carbocycles. The number of nitrogens with zero attached hydrogens (tertiary/aromatic N) is 3. The van der Waals surface area contributed by atoms with E-state index in [1.165, 1.54) is 5.56 Å². The SMILES string of the molecule is Cc1ccc(-n2cc(C(=O)N3CCC(O)CC3)c(-c3ccccc3)n2)cc1. The van der Waals surface area contributed by atoms with E-state index in [4.69, 9.17) is 5.10 Å². The van der Waals surface area contributed by atoms with E-state index in [0.29, 0.717) is 37.2 Å². The lowest BCUT2D eigenvalue weighted by Crippen LogP contribution is -2.40. The Morgan fingerprint density at radius 1 is 1.04 bits per heavy atom. The highest BCUT2D eigenvalue weighted by molar-refractivity contribution is 6.00. The molecule has 5 nitrogen and oxygen atoms in total. The molecule has 1 N–H and O–H groups in total. The van der Waals surface area contributed by atoms with Crippen LogP contribution in [0.25, 0.3) is 16.9 Å². The molecule has 1 aromatic heterocycles. The van der Waals surface area contributed by atoms with E-state index in [9.17, 15) is 9.90 Å². The number of hydrogen-bond acceptors (Lipinski definition) is 3. The number of carbonyl (C=O) groups excluding carboxylic acids is 1. The molecule has 27 heavy (non-hydrogen) atoms. The first-order valence-corrected chi connectivity index (χ1v) is 9.31. The quantitative estimate of drug-likeness (QED) is 0.777. The number of piperidine rings is 1. The Bertz CT molecular complexity index is 924. The number of aryl methyl sites for hydroxylation is 1. The van der Waals surface area contributed by atoms with E-state index in [0.717, 1.165) is 11.3 Å². The summed E-state index contributed by atoms with van der Waals surface area (Å²) in [5, 5.41) is 14.5. The fourth-order valence-electron chi connectivity index (χ4n) is 3.41. The van der Waals surface area contributed by atoms with Gasteiger partial charge in [0.2, 0.25) is 0 Å². The van der Waals surface area contributed by atoms with Crippen molar-refractivity contribution in [3.63, 3.8) is 0 Å². The van der Waals surface area contributed by atoms with Crippen molar-refractivity contribution in [1.29, 1.82) is 0 Å². The monoisotopic (exact) mass is 361 g/mol. The van der Waals surface area contributed by atoms with Crippen LogP contribution in [0.4, 0.5) is 0 Å². The summed E-state index contributed by atoms with van der Waals surface area (Å²) in [5.41, 5.74) is 4.30. The third-order valence-corrected chi connectivity index (χ3v) is 5.04. The van der Waals surface area contributed by atoms with Gasteiger partial charge in [-0.05, 0) is 31.9 Å². The molecular weight excluding hydrogens is 338 g/mol. The van der Waals surface area contributed by atoms with Gasteiger partial charge in [0.15, 0.2) is 0 Å². The van der Waals surface area contributed by atoms with Crippen molar-refractivity contribution in [1.82, 2.24) is 14.7 Å². The predicted molar refractivity (Wildman–Crippen MR) is 105 cm³/mol. The maximum atomic E-state index is 13.2. The molecule has 1 amide bonds. The molecule has 0 unspecified atom stereocenters. The summed E-state index contributed by atoms with van der Waals surface area (Å²) >= 11 is 0. The molecule has 2 aromatic carbocycles. The molecule has 0 spiro atoms. The number of carbonyl (C=O) groups is 1. The van der Waals surface area contributed by atoms with E-state index in [1.807, 2.05) is 72.6 Å². The van der Waals surface area contributed by atoms with Crippen molar-refractivity contribution in [2.24, 2.45) is 0 Å². The minimum Gasteiger partial charge on any atom is -0.393 e. The van der Waals surface area contributed by atoms with Crippen molar-refractivity contribution in [3.8, 4) is 16.9 Å². The van der Waals surface area contributed by atoms with Crippen LogP contribution in [0.2, 0.25) is 0 Å². The van der Waals surface area contributed by atoms with Crippen LogP contribution in [-0.2, 0) is 0 Å². The second kappa shape index (κ2) is 7.37. The molecule has 1 aliphatic rings. The Labute approximate surface area is 158 Å². The Morgan fingerprint density at radius 2 is 1.70 bits per heavy atom. The third kappa shape index (κ3) is 3.64. The van der Waals surface area contributed by atoms with Gasteiger partial charge >= 0.3 is 0 Å². The summed E-state index contributed by atoms with van der Waals surface area (Å²) < 4.78 is 1.77. The van der Waals surface area contributed by atoms with Gasteiger partial charge in [0, 0.05) is 24.8 Å². The first-order chi connectivity index (χ1) is 13.1. The first kappa shape index (κ1) is 17.5. The van der Waals surface area contributed by atoms with Crippen LogP contribution in [0.1, 0.15) is 28.8 Å². The number of aliphatic hydroxyl groups is 1.